The maximum atomic E-state index is 10.4. The number of rotatable bonds is 16. The third-order valence-corrected chi connectivity index (χ3v) is 7.07. The van der Waals surface area contributed by atoms with Gasteiger partial charge in [0.2, 0.25) is 0 Å². The molecule has 7 nitrogen and oxygen atoms in total. The van der Waals surface area contributed by atoms with E-state index in [-0.39, 0.29) is 25.4 Å². The van der Waals surface area contributed by atoms with Crippen LogP contribution in [0.2, 0.25) is 0 Å². The van der Waals surface area contributed by atoms with E-state index in [0.29, 0.717) is 34.2 Å². The van der Waals surface area contributed by atoms with Crippen LogP contribution in [0.25, 0.3) is 0 Å². The minimum absolute atomic E-state index is 0.151. The van der Waals surface area contributed by atoms with Gasteiger partial charge in [-0.3, -0.25) is 0 Å². The van der Waals surface area contributed by atoms with Gasteiger partial charge >= 0.3 is 49.4 Å². The molecule has 6 rings (SSSR count). The van der Waals surface area contributed by atoms with Crippen LogP contribution in [0.3, 0.4) is 0 Å². The van der Waals surface area contributed by atoms with Crippen LogP contribution < -0.4 is 18.9 Å². The van der Waals surface area contributed by atoms with E-state index in [1.54, 1.807) is 0 Å². The molecule has 4 aromatic rings. The number of aliphatic hydroxyl groups is 1. The molecule has 0 saturated carbocycles. The first-order valence-corrected chi connectivity index (χ1v) is 23.8. The summed E-state index contributed by atoms with van der Waals surface area (Å²) in [6.45, 7) is 3.12. The molecule has 10 heteroatoms. The molecular weight excluding hydrogens is 837 g/mol. The molecule has 2 aliphatic heterocycles. The molecule has 0 spiro atoms. The van der Waals surface area contributed by atoms with Crippen LogP contribution in [0.4, 0.5) is 0 Å². The van der Waals surface area contributed by atoms with Crippen LogP contribution in [0.1, 0.15) is 22.3 Å². The second-order valence-electron chi connectivity index (χ2n) is 10.8. The summed E-state index contributed by atoms with van der Waals surface area (Å²) in [5.41, 5.74) is 4.78. The molecule has 1 N–H and O–H groups in total. The van der Waals surface area contributed by atoms with E-state index in [4.69, 9.17) is 28.4 Å². The van der Waals surface area contributed by atoms with E-state index in [9.17, 15) is 5.11 Å². The van der Waals surface area contributed by atoms with E-state index in [0.717, 1.165) is 37.6 Å². The van der Waals surface area contributed by atoms with Crippen LogP contribution in [-0.2, 0) is 31.8 Å². The number of halogens is 2. The SMILES string of the molecule is OC(COc1ccc(Cc2ccc(OCC3CO3)cc2)cc1)COc1ccc(Cc2ccc(OCC3CO3)cc2)cc1.[I][V][I]. The quantitative estimate of drug-likeness (QED) is 0.0960. The van der Waals surface area contributed by atoms with Crippen molar-refractivity contribution in [3.05, 3.63) is 119 Å². The average molecular weight is 873 g/mol. The van der Waals surface area contributed by atoms with E-state index in [1.165, 1.54) is 22.3 Å². The van der Waals surface area contributed by atoms with E-state index in [2.05, 4.69) is 64.2 Å². The van der Waals surface area contributed by atoms with Gasteiger partial charge in [-0.05, 0) is 83.6 Å². The summed E-state index contributed by atoms with van der Waals surface area (Å²) in [5, 5.41) is 10.4. The zero-order valence-electron chi connectivity index (χ0n) is 24.7. The van der Waals surface area contributed by atoms with Crippen LogP contribution in [-0.4, -0.2) is 63.1 Å². The fraction of sp³-hybridized carbons (Fsp3) is 0.314. The van der Waals surface area contributed by atoms with Gasteiger partial charge < -0.3 is 33.5 Å². The fourth-order valence-corrected chi connectivity index (χ4v) is 4.43. The normalized spacial score (nSPS) is 16.9. The molecule has 0 radical (unpaired) electrons. The van der Waals surface area contributed by atoms with Gasteiger partial charge in [0.15, 0.2) is 0 Å². The van der Waals surface area contributed by atoms with Crippen molar-refractivity contribution in [2.24, 2.45) is 0 Å². The Morgan fingerprint density at radius 2 is 0.822 bits per heavy atom. The topological polar surface area (TPSA) is 82.2 Å². The molecule has 0 aromatic heterocycles. The molecular formula is C35H36I2O7V. The van der Waals surface area contributed by atoms with Crippen LogP contribution in [0, 0.1) is 0 Å². The van der Waals surface area contributed by atoms with Crippen molar-refractivity contribution in [2.75, 3.05) is 39.6 Å². The monoisotopic (exact) mass is 873 g/mol. The second kappa shape index (κ2) is 18.4. The maximum absolute atomic E-state index is 10.4. The summed E-state index contributed by atoms with van der Waals surface area (Å²) in [7, 11) is 0.628. The Hall–Kier alpha value is -2.00. The third-order valence-electron chi connectivity index (χ3n) is 7.07. The summed E-state index contributed by atoms with van der Waals surface area (Å²) >= 11 is 4.74. The summed E-state index contributed by atoms with van der Waals surface area (Å²) in [4.78, 5) is 0. The molecule has 2 fully saturated rings. The average Bonchev–Trinajstić information content (AvgIpc) is 4.00. The van der Waals surface area contributed by atoms with Gasteiger partial charge in [-0.25, -0.2) is 0 Å². The zero-order valence-corrected chi connectivity index (χ0v) is 30.4. The first-order valence-electron chi connectivity index (χ1n) is 14.8. The van der Waals surface area contributed by atoms with Gasteiger partial charge in [-0.1, -0.05) is 48.5 Å². The van der Waals surface area contributed by atoms with Gasteiger partial charge in [0.05, 0.1) is 13.2 Å². The summed E-state index contributed by atoms with van der Waals surface area (Å²) in [6.07, 6.45) is 1.40. The molecule has 2 atom stereocenters. The van der Waals surface area contributed by atoms with Crippen molar-refractivity contribution < 1.29 is 43.0 Å². The van der Waals surface area contributed by atoms with Crippen molar-refractivity contribution in [3.8, 4) is 23.0 Å². The summed E-state index contributed by atoms with van der Waals surface area (Å²) in [5.74, 6) is 3.15. The van der Waals surface area contributed by atoms with Crippen molar-refractivity contribution in [3.63, 3.8) is 0 Å². The fourth-order valence-electron chi connectivity index (χ4n) is 4.43. The van der Waals surface area contributed by atoms with Gasteiger partial charge in [-0.2, -0.15) is 0 Å². The number of aliphatic hydroxyl groups excluding tert-OH is 1. The van der Waals surface area contributed by atoms with Crippen LogP contribution in [0.15, 0.2) is 97.1 Å². The predicted molar refractivity (Wildman–Crippen MR) is 187 cm³/mol. The molecule has 2 heterocycles. The minimum atomic E-state index is -0.747. The predicted octanol–water partition coefficient (Wildman–Crippen LogP) is 7.01. The van der Waals surface area contributed by atoms with Gasteiger partial charge in [-0.15, -0.1) is 0 Å². The molecule has 237 valence electrons. The molecule has 2 aliphatic rings. The molecule has 2 saturated heterocycles. The molecule has 0 amide bonds. The second-order valence-corrected chi connectivity index (χ2v) is 22.6. The standard InChI is InChI=1S/C35H36O7.2HI.V/c36-29(19-37-30-9-1-25(2-10-30)17-27-5-13-32(14-6-27)39-21-34-23-41-34)20-38-31-11-3-26(4-12-31)18-28-7-15-33(16-8-28)40-22-35-24-42-35;;;/h1-16,29,34-36H,17-24H2;2*1H;/q;;;+2/p-2. The Balaban J connectivity index is 0.00000128. The first kappa shape index (κ1) is 34.3. The molecule has 0 bridgehead atoms. The van der Waals surface area contributed by atoms with E-state index < -0.39 is 6.10 Å². The third kappa shape index (κ3) is 13.0. The van der Waals surface area contributed by atoms with Gasteiger partial charge in [0, 0.05) is 0 Å². The summed E-state index contributed by atoms with van der Waals surface area (Å²) < 4.78 is 33.3. The van der Waals surface area contributed by atoms with Crippen molar-refractivity contribution >= 4 is 40.0 Å². The Morgan fingerprint density at radius 3 is 1.09 bits per heavy atom. The van der Waals surface area contributed by atoms with Crippen molar-refractivity contribution in [1.82, 2.24) is 0 Å². The Bertz CT molecular complexity index is 1300. The summed E-state index contributed by atoms with van der Waals surface area (Å²) in [6, 6.07) is 32.2. The molecule has 45 heavy (non-hydrogen) atoms. The van der Waals surface area contributed by atoms with Crippen molar-refractivity contribution in [2.45, 2.75) is 31.2 Å². The van der Waals surface area contributed by atoms with Crippen molar-refractivity contribution in [1.29, 1.82) is 0 Å². The van der Waals surface area contributed by atoms with E-state index >= 15 is 0 Å². The Kier molecular flexibility index (Phi) is 14.0. The Labute approximate surface area is 293 Å². The van der Waals surface area contributed by atoms with Gasteiger partial charge in [0.1, 0.15) is 67.7 Å². The molecule has 4 aromatic carbocycles. The number of hydrogen-bond acceptors (Lipinski definition) is 7. The number of hydrogen-bond donors (Lipinski definition) is 1. The zero-order chi connectivity index (χ0) is 31.3. The number of epoxide rings is 2. The molecule has 2 unspecified atom stereocenters. The molecule has 0 aliphatic carbocycles. The Morgan fingerprint density at radius 1 is 0.556 bits per heavy atom. The first-order chi connectivity index (χ1) is 22.1. The number of ether oxygens (including phenoxy) is 6. The number of benzene rings is 4. The van der Waals surface area contributed by atoms with Gasteiger partial charge in [0.25, 0.3) is 0 Å². The van der Waals surface area contributed by atoms with Crippen LogP contribution in [0.5, 0.6) is 23.0 Å². The van der Waals surface area contributed by atoms with Crippen LogP contribution >= 0.6 is 40.0 Å². The van der Waals surface area contributed by atoms with E-state index in [1.807, 2.05) is 72.8 Å².